The summed E-state index contributed by atoms with van der Waals surface area (Å²) in [6, 6.07) is 0. The average molecular weight is 242 g/mol. The summed E-state index contributed by atoms with van der Waals surface area (Å²) in [6.07, 6.45) is 3.88. The molecule has 1 unspecified atom stereocenters. The molecule has 0 spiro atoms. The molecule has 1 aliphatic heterocycles. The van der Waals surface area contributed by atoms with Gasteiger partial charge in [-0.25, -0.2) is 5.84 Å². The third-order valence-corrected chi connectivity index (χ3v) is 2.85. The molecule has 0 amide bonds. The molecule has 0 aliphatic carbocycles. The van der Waals surface area contributed by atoms with Gasteiger partial charge in [-0.3, -0.25) is 10.4 Å². The maximum absolute atomic E-state index is 5.70. The molecule has 0 aromatic carbocycles. The molecule has 0 bridgehead atoms. The molecular weight excluding hydrogens is 216 g/mol. The van der Waals surface area contributed by atoms with E-state index in [0.717, 1.165) is 32.1 Å². The number of hydrazine groups is 1. The summed E-state index contributed by atoms with van der Waals surface area (Å²) >= 11 is 0. The van der Waals surface area contributed by atoms with Crippen LogP contribution in [0.25, 0.3) is 0 Å². The average Bonchev–Trinajstić information content (AvgIpc) is 2.30. The number of nitrogens with zero attached hydrogens (tertiary/aromatic N) is 2. The van der Waals surface area contributed by atoms with E-state index in [4.69, 9.17) is 10.6 Å². The van der Waals surface area contributed by atoms with Crippen LogP contribution in [0.4, 0.5) is 0 Å². The van der Waals surface area contributed by atoms with E-state index >= 15 is 0 Å². The maximum atomic E-state index is 5.70. The van der Waals surface area contributed by atoms with Crippen molar-refractivity contribution in [2.75, 3.05) is 26.7 Å². The lowest BCUT2D eigenvalue weighted by Crippen LogP contribution is -2.46. The fraction of sp³-hybridized carbons (Fsp3) is 0.917. The minimum atomic E-state index is 0.311. The van der Waals surface area contributed by atoms with Crippen molar-refractivity contribution >= 4 is 5.96 Å². The van der Waals surface area contributed by atoms with Gasteiger partial charge in [0.15, 0.2) is 0 Å². The van der Waals surface area contributed by atoms with Crippen molar-refractivity contribution in [1.82, 2.24) is 10.3 Å². The molecule has 0 saturated carbocycles. The van der Waals surface area contributed by atoms with Crippen molar-refractivity contribution in [3.63, 3.8) is 0 Å². The normalized spacial score (nSPS) is 21.7. The monoisotopic (exact) mass is 242 g/mol. The molecule has 0 radical (unpaired) electrons. The second kappa shape index (κ2) is 7.50. The number of rotatable bonds is 4. The van der Waals surface area contributed by atoms with Crippen LogP contribution < -0.4 is 11.3 Å². The number of nitrogens with one attached hydrogen (secondary N) is 1. The first-order valence-electron chi connectivity index (χ1n) is 6.47. The van der Waals surface area contributed by atoms with Crippen LogP contribution in [0.3, 0.4) is 0 Å². The van der Waals surface area contributed by atoms with Crippen LogP contribution in [0, 0.1) is 5.92 Å². The van der Waals surface area contributed by atoms with Crippen LogP contribution in [0.5, 0.6) is 0 Å². The zero-order valence-electron chi connectivity index (χ0n) is 11.3. The van der Waals surface area contributed by atoms with Gasteiger partial charge in [0, 0.05) is 26.7 Å². The highest BCUT2D eigenvalue weighted by Gasteiger charge is 2.17. The summed E-state index contributed by atoms with van der Waals surface area (Å²) in [5, 5.41) is 0. The lowest BCUT2D eigenvalue weighted by molar-refractivity contribution is 0.00675. The Bertz CT molecular complexity index is 237. The molecule has 1 rings (SSSR count). The summed E-state index contributed by atoms with van der Waals surface area (Å²) in [5.41, 5.74) is 2.67. The Hall–Kier alpha value is -0.810. The van der Waals surface area contributed by atoms with Crippen molar-refractivity contribution in [3.8, 4) is 0 Å². The fourth-order valence-electron chi connectivity index (χ4n) is 1.89. The summed E-state index contributed by atoms with van der Waals surface area (Å²) < 4.78 is 5.70. The lowest BCUT2D eigenvalue weighted by atomic mass is 10.1. The molecule has 1 aliphatic rings. The Morgan fingerprint density at radius 3 is 2.82 bits per heavy atom. The fourth-order valence-corrected chi connectivity index (χ4v) is 1.89. The van der Waals surface area contributed by atoms with E-state index in [1.807, 2.05) is 11.9 Å². The Kier molecular flexibility index (Phi) is 6.29. The Morgan fingerprint density at radius 2 is 2.29 bits per heavy atom. The van der Waals surface area contributed by atoms with Crippen LogP contribution in [0.15, 0.2) is 4.99 Å². The van der Waals surface area contributed by atoms with Gasteiger partial charge in [-0.1, -0.05) is 13.8 Å². The highest BCUT2D eigenvalue weighted by molar-refractivity contribution is 5.79. The Balaban J connectivity index is 2.41. The van der Waals surface area contributed by atoms with Crippen molar-refractivity contribution in [2.24, 2.45) is 16.8 Å². The molecule has 100 valence electrons. The highest BCUT2D eigenvalue weighted by Crippen LogP contribution is 2.13. The standard InChI is InChI=1S/C12H26N4O/c1-10(2)8-14-12(15-13)16(3)9-11-6-4-5-7-17-11/h10-11H,4-9,13H2,1-3H3,(H,14,15). The van der Waals surface area contributed by atoms with Gasteiger partial charge in [0.1, 0.15) is 0 Å². The smallest absolute Gasteiger partial charge is 0.208 e. The SMILES string of the molecule is CC(C)CN=C(NN)N(C)CC1CCCCO1. The number of guanidine groups is 1. The molecular formula is C12H26N4O. The van der Waals surface area contributed by atoms with Crippen molar-refractivity contribution in [1.29, 1.82) is 0 Å². The molecule has 3 N–H and O–H groups in total. The largest absolute Gasteiger partial charge is 0.376 e. The van der Waals surface area contributed by atoms with Gasteiger partial charge >= 0.3 is 0 Å². The van der Waals surface area contributed by atoms with Gasteiger partial charge in [-0.15, -0.1) is 0 Å². The number of hydrogen-bond donors (Lipinski definition) is 2. The van der Waals surface area contributed by atoms with Crippen LogP contribution in [0.1, 0.15) is 33.1 Å². The highest BCUT2D eigenvalue weighted by atomic mass is 16.5. The molecule has 0 aromatic heterocycles. The van der Waals surface area contributed by atoms with Gasteiger partial charge < -0.3 is 9.64 Å². The minimum Gasteiger partial charge on any atom is -0.376 e. The first kappa shape index (κ1) is 14.3. The number of likely N-dealkylation sites (N-methyl/N-ethyl adjacent to an activating group) is 1. The van der Waals surface area contributed by atoms with Gasteiger partial charge in [-0.05, 0) is 25.2 Å². The molecule has 5 heteroatoms. The van der Waals surface area contributed by atoms with E-state index in [2.05, 4.69) is 24.3 Å². The molecule has 1 heterocycles. The minimum absolute atomic E-state index is 0.311. The second-order valence-corrected chi connectivity index (χ2v) is 5.07. The van der Waals surface area contributed by atoms with E-state index in [-0.39, 0.29) is 0 Å². The number of aliphatic imine (C=N–C) groups is 1. The van der Waals surface area contributed by atoms with Crippen molar-refractivity contribution < 1.29 is 4.74 Å². The first-order chi connectivity index (χ1) is 8.13. The van der Waals surface area contributed by atoms with Crippen molar-refractivity contribution in [3.05, 3.63) is 0 Å². The molecule has 0 aromatic rings. The van der Waals surface area contributed by atoms with Crippen molar-refractivity contribution in [2.45, 2.75) is 39.2 Å². The molecule has 5 nitrogen and oxygen atoms in total. The van der Waals surface area contributed by atoms with Crippen LogP contribution in [0.2, 0.25) is 0 Å². The topological polar surface area (TPSA) is 62.9 Å². The van der Waals surface area contributed by atoms with Gasteiger partial charge in [0.2, 0.25) is 5.96 Å². The maximum Gasteiger partial charge on any atom is 0.208 e. The van der Waals surface area contributed by atoms with E-state index in [1.165, 1.54) is 12.8 Å². The predicted molar refractivity (Wildman–Crippen MR) is 70.7 cm³/mol. The van der Waals surface area contributed by atoms with Gasteiger partial charge in [0.05, 0.1) is 6.10 Å². The zero-order chi connectivity index (χ0) is 12.7. The molecule has 1 atom stereocenters. The third kappa shape index (κ3) is 5.37. The Labute approximate surface area is 104 Å². The molecule has 1 fully saturated rings. The van der Waals surface area contributed by atoms with E-state index in [0.29, 0.717) is 12.0 Å². The predicted octanol–water partition coefficient (Wildman–Crippen LogP) is 0.963. The summed E-state index contributed by atoms with van der Waals surface area (Å²) in [4.78, 5) is 6.50. The van der Waals surface area contributed by atoms with Gasteiger partial charge in [0.25, 0.3) is 0 Å². The number of ether oxygens (including phenoxy) is 1. The third-order valence-electron chi connectivity index (χ3n) is 2.85. The first-order valence-corrected chi connectivity index (χ1v) is 6.47. The van der Waals surface area contributed by atoms with Crippen LogP contribution in [-0.4, -0.2) is 43.7 Å². The van der Waals surface area contributed by atoms with Crippen LogP contribution >= 0.6 is 0 Å². The second-order valence-electron chi connectivity index (χ2n) is 5.07. The van der Waals surface area contributed by atoms with E-state index in [1.54, 1.807) is 0 Å². The summed E-state index contributed by atoms with van der Waals surface area (Å²) in [5.74, 6) is 6.78. The van der Waals surface area contributed by atoms with Crippen LogP contribution in [-0.2, 0) is 4.74 Å². The quantitative estimate of drug-likeness (QED) is 0.334. The molecule has 1 saturated heterocycles. The van der Waals surface area contributed by atoms with E-state index < -0.39 is 0 Å². The summed E-state index contributed by atoms with van der Waals surface area (Å²) in [6.45, 7) is 6.80. The lowest BCUT2D eigenvalue weighted by Gasteiger charge is -2.29. The Morgan fingerprint density at radius 1 is 1.53 bits per heavy atom. The molecule has 17 heavy (non-hydrogen) atoms. The summed E-state index contributed by atoms with van der Waals surface area (Å²) in [7, 11) is 2.00. The van der Waals surface area contributed by atoms with Gasteiger partial charge in [-0.2, -0.15) is 0 Å². The number of hydrogen-bond acceptors (Lipinski definition) is 3. The zero-order valence-corrected chi connectivity index (χ0v) is 11.3. The number of nitrogens with two attached hydrogens (primary N) is 1. The van der Waals surface area contributed by atoms with E-state index in [9.17, 15) is 0 Å².